The van der Waals surface area contributed by atoms with Crippen molar-refractivity contribution < 1.29 is 14.4 Å². The van der Waals surface area contributed by atoms with Gasteiger partial charge in [-0.1, -0.05) is 35.1 Å². The van der Waals surface area contributed by atoms with Crippen molar-refractivity contribution in [2.75, 3.05) is 27.4 Å². The lowest BCUT2D eigenvalue weighted by atomic mass is 10.2. The van der Waals surface area contributed by atoms with Gasteiger partial charge in [0.25, 0.3) is 5.91 Å². The summed E-state index contributed by atoms with van der Waals surface area (Å²) in [7, 11) is 0. The largest absolute Gasteiger partial charge is 0.366 e. The van der Waals surface area contributed by atoms with Gasteiger partial charge >= 0.3 is 6.03 Å². The molecule has 4 aromatic rings. The van der Waals surface area contributed by atoms with Gasteiger partial charge in [-0.05, 0) is 37.1 Å². The van der Waals surface area contributed by atoms with E-state index in [4.69, 9.17) is 11.6 Å². The standard InChI is InChI=1S/C26H24ClN9O3S/c1-14-4-3-5-17(27)23(14)35-24(38)19-13-30-25(40-19)33-21-10-20(31-15(2)32-21)29-11-16-6-8-28-12-18(16)36-9-7-22(37)34-26(36)39/h3-6,8,10,12-13H,7,9,11H2,1-2H3,(H,35,38)(H,34,37,39)(H2,29,30,31,32,33). The van der Waals surface area contributed by atoms with Crippen molar-refractivity contribution in [2.24, 2.45) is 0 Å². The quantitative estimate of drug-likeness (QED) is 0.234. The van der Waals surface area contributed by atoms with Crippen LogP contribution in [0.3, 0.4) is 0 Å². The second-order valence-corrected chi connectivity index (χ2v) is 10.3. The number of hydrogen-bond acceptors (Lipinski definition) is 10. The molecule has 204 valence electrons. The van der Waals surface area contributed by atoms with Gasteiger partial charge in [0.1, 0.15) is 22.3 Å². The van der Waals surface area contributed by atoms with E-state index in [9.17, 15) is 14.4 Å². The summed E-state index contributed by atoms with van der Waals surface area (Å²) in [6, 6.07) is 8.44. The highest BCUT2D eigenvalue weighted by Gasteiger charge is 2.26. The molecular formula is C26H24ClN9O3S. The van der Waals surface area contributed by atoms with Crippen LogP contribution in [-0.2, 0) is 11.3 Å². The first-order valence-corrected chi connectivity index (χ1v) is 13.4. The Morgan fingerprint density at radius 1 is 1.15 bits per heavy atom. The number of thiazole rings is 1. The molecule has 12 nitrogen and oxygen atoms in total. The summed E-state index contributed by atoms with van der Waals surface area (Å²) >= 11 is 7.41. The van der Waals surface area contributed by atoms with Crippen molar-refractivity contribution >= 4 is 68.9 Å². The molecule has 5 rings (SSSR count). The first kappa shape index (κ1) is 27.0. The van der Waals surface area contributed by atoms with Crippen LogP contribution in [0.15, 0.2) is 48.9 Å². The predicted molar refractivity (Wildman–Crippen MR) is 153 cm³/mol. The lowest BCUT2D eigenvalue weighted by Crippen LogP contribution is -2.50. The number of nitrogens with zero attached hydrogens (tertiary/aromatic N) is 5. The molecule has 0 atom stereocenters. The van der Waals surface area contributed by atoms with Crippen molar-refractivity contribution in [3.8, 4) is 0 Å². The molecule has 3 aromatic heterocycles. The number of para-hydroxylation sites is 1. The molecule has 0 bridgehead atoms. The number of urea groups is 1. The number of carbonyl (C=O) groups is 3. The van der Waals surface area contributed by atoms with Crippen LogP contribution in [-0.4, -0.2) is 44.3 Å². The molecule has 0 aliphatic carbocycles. The van der Waals surface area contributed by atoms with E-state index < -0.39 is 6.03 Å². The summed E-state index contributed by atoms with van der Waals surface area (Å²) in [6.45, 7) is 4.24. The van der Waals surface area contributed by atoms with Crippen molar-refractivity contribution in [3.05, 3.63) is 75.8 Å². The number of rotatable bonds is 8. The van der Waals surface area contributed by atoms with Gasteiger partial charge < -0.3 is 16.0 Å². The van der Waals surface area contributed by atoms with E-state index in [1.807, 2.05) is 19.1 Å². The van der Waals surface area contributed by atoms with Gasteiger partial charge in [-0.3, -0.25) is 24.8 Å². The monoisotopic (exact) mass is 577 g/mol. The third-order valence-electron chi connectivity index (χ3n) is 5.96. The van der Waals surface area contributed by atoms with E-state index in [1.54, 1.807) is 37.5 Å². The van der Waals surface area contributed by atoms with Crippen LogP contribution in [0, 0.1) is 13.8 Å². The molecule has 4 heterocycles. The summed E-state index contributed by atoms with van der Waals surface area (Å²) in [5.74, 6) is 0.926. The predicted octanol–water partition coefficient (Wildman–Crippen LogP) is 4.65. The van der Waals surface area contributed by atoms with Crippen LogP contribution in [0.1, 0.15) is 33.0 Å². The van der Waals surface area contributed by atoms with Crippen LogP contribution >= 0.6 is 22.9 Å². The molecule has 4 N–H and O–H groups in total. The zero-order valence-corrected chi connectivity index (χ0v) is 23.1. The smallest absolute Gasteiger partial charge is 0.328 e. The maximum atomic E-state index is 12.8. The summed E-state index contributed by atoms with van der Waals surface area (Å²) in [5, 5.41) is 12.5. The molecule has 0 radical (unpaired) electrons. The number of benzene rings is 1. The van der Waals surface area contributed by atoms with E-state index in [0.29, 0.717) is 50.4 Å². The highest BCUT2D eigenvalue weighted by molar-refractivity contribution is 7.17. The number of amides is 4. The Balaban J connectivity index is 1.26. The normalized spacial score (nSPS) is 13.1. The minimum atomic E-state index is -0.478. The lowest BCUT2D eigenvalue weighted by molar-refractivity contribution is -0.120. The SMILES string of the molecule is Cc1nc(NCc2ccncc2N2CCC(=O)NC2=O)cc(Nc2ncc(C(=O)Nc3c(C)cccc3Cl)s2)n1. The van der Waals surface area contributed by atoms with Crippen molar-refractivity contribution in [3.63, 3.8) is 0 Å². The molecule has 4 amide bonds. The topological polar surface area (TPSA) is 154 Å². The Kier molecular flexibility index (Phi) is 7.84. The van der Waals surface area contributed by atoms with Crippen LogP contribution in [0.4, 0.5) is 32.9 Å². The maximum absolute atomic E-state index is 12.8. The minimum Gasteiger partial charge on any atom is -0.366 e. The molecule has 1 aliphatic rings. The van der Waals surface area contributed by atoms with E-state index in [-0.39, 0.29) is 24.8 Å². The fraction of sp³-hybridized carbons (Fsp3) is 0.192. The average molecular weight is 578 g/mol. The molecule has 0 unspecified atom stereocenters. The number of carbonyl (C=O) groups excluding carboxylic acids is 3. The van der Waals surface area contributed by atoms with E-state index in [1.165, 1.54) is 22.4 Å². The Morgan fingerprint density at radius 2 is 1.98 bits per heavy atom. The number of halogens is 1. The zero-order chi connectivity index (χ0) is 28.2. The molecule has 1 aromatic carbocycles. The summed E-state index contributed by atoms with van der Waals surface area (Å²) in [6.07, 6.45) is 4.92. The molecular weight excluding hydrogens is 554 g/mol. The Morgan fingerprint density at radius 3 is 2.77 bits per heavy atom. The number of pyridine rings is 1. The van der Waals surface area contributed by atoms with Crippen LogP contribution < -0.4 is 26.2 Å². The van der Waals surface area contributed by atoms with Crippen LogP contribution in [0.5, 0.6) is 0 Å². The van der Waals surface area contributed by atoms with Gasteiger partial charge in [-0.2, -0.15) is 0 Å². The molecule has 0 saturated carbocycles. The average Bonchev–Trinajstić information content (AvgIpc) is 3.38. The Bertz CT molecular complexity index is 1590. The summed E-state index contributed by atoms with van der Waals surface area (Å²) in [4.78, 5) is 55.9. The number of hydrogen-bond donors (Lipinski definition) is 4. The van der Waals surface area contributed by atoms with E-state index in [2.05, 4.69) is 41.2 Å². The second kappa shape index (κ2) is 11.6. The van der Waals surface area contributed by atoms with Crippen LogP contribution in [0.2, 0.25) is 5.02 Å². The van der Waals surface area contributed by atoms with Gasteiger partial charge in [0.2, 0.25) is 5.91 Å². The first-order valence-electron chi connectivity index (χ1n) is 12.2. The minimum absolute atomic E-state index is 0.216. The van der Waals surface area contributed by atoms with Gasteiger partial charge in [0.05, 0.1) is 28.8 Å². The molecule has 1 saturated heterocycles. The number of nitrogens with one attached hydrogen (secondary N) is 4. The van der Waals surface area contributed by atoms with Gasteiger partial charge in [0, 0.05) is 31.8 Å². The van der Waals surface area contributed by atoms with Crippen molar-refractivity contribution in [1.29, 1.82) is 0 Å². The number of imide groups is 1. The molecule has 14 heteroatoms. The number of aromatic nitrogens is 4. The number of anilines is 5. The molecule has 1 fully saturated rings. The van der Waals surface area contributed by atoms with Crippen LogP contribution in [0.25, 0.3) is 0 Å². The van der Waals surface area contributed by atoms with Gasteiger partial charge in [-0.25, -0.2) is 19.7 Å². The van der Waals surface area contributed by atoms with Gasteiger partial charge in [0.15, 0.2) is 5.13 Å². The highest BCUT2D eigenvalue weighted by Crippen LogP contribution is 2.28. The molecule has 40 heavy (non-hydrogen) atoms. The Hall–Kier alpha value is -4.62. The third kappa shape index (κ3) is 6.16. The van der Waals surface area contributed by atoms with Gasteiger partial charge in [-0.15, -0.1) is 0 Å². The van der Waals surface area contributed by atoms with Crippen molar-refractivity contribution in [1.82, 2.24) is 25.3 Å². The summed E-state index contributed by atoms with van der Waals surface area (Å²) in [5.41, 5.74) is 2.82. The van der Waals surface area contributed by atoms with E-state index in [0.717, 1.165) is 11.1 Å². The highest BCUT2D eigenvalue weighted by atomic mass is 35.5. The lowest BCUT2D eigenvalue weighted by Gasteiger charge is -2.28. The number of aryl methyl sites for hydroxylation is 2. The maximum Gasteiger partial charge on any atom is 0.328 e. The second-order valence-electron chi connectivity index (χ2n) is 8.84. The van der Waals surface area contributed by atoms with E-state index >= 15 is 0 Å². The molecule has 1 aliphatic heterocycles. The van der Waals surface area contributed by atoms with Crippen molar-refractivity contribution in [2.45, 2.75) is 26.8 Å². The summed E-state index contributed by atoms with van der Waals surface area (Å²) < 4.78 is 0. The fourth-order valence-corrected chi connectivity index (χ4v) is 5.01. The fourth-order valence-electron chi connectivity index (χ4n) is 4.02. The first-order chi connectivity index (χ1) is 19.3. The Labute approximate surface area is 238 Å². The third-order valence-corrected chi connectivity index (χ3v) is 7.18. The molecule has 0 spiro atoms. The zero-order valence-electron chi connectivity index (χ0n) is 21.5.